The first kappa shape index (κ1) is 19.4. The fraction of sp³-hybridized carbons (Fsp3) is 0.929. The maximum atomic E-state index is 12.0. The van der Waals surface area contributed by atoms with Crippen LogP contribution in [0.5, 0.6) is 0 Å². The van der Waals surface area contributed by atoms with Crippen LogP contribution in [0.4, 0.5) is 4.79 Å². The van der Waals surface area contributed by atoms with Crippen molar-refractivity contribution in [2.75, 3.05) is 40.6 Å². The van der Waals surface area contributed by atoms with Crippen LogP contribution in [0.15, 0.2) is 0 Å². The Balaban J connectivity index is 2.38. The lowest BCUT2D eigenvalue weighted by Gasteiger charge is -2.34. The molecule has 22 heavy (non-hydrogen) atoms. The van der Waals surface area contributed by atoms with E-state index in [0.717, 1.165) is 12.8 Å². The monoisotopic (exact) mass is 335 g/mol. The predicted octanol–water partition coefficient (Wildman–Crippen LogP) is 1.82. The Labute approximate surface area is 134 Å². The Kier molecular flexibility index (Phi) is 7.27. The molecule has 0 radical (unpaired) electrons. The molecule has 1 aliphatic heterocycles. The van der Waals surface area contributed by atoms with Crippen molar-refractivity contribution in [1.82, 2.24) is 4.90 Å². The van der Waals surface area contributed by atoms with Gasteiger partial charge < -0.3 is 27.7 Å². The Morgan fingerprint density at radius 2 is 1.59 bits per heavy atom. The van der Waals surface area contributed by atoms with Gasteiger partial charge in [-0.2, -0.15) is 0 Å². The molecular weight excluding hydrogens is 306 g/mol. The van der Waals surface area contributed by atoms with Gasteiger partial charge in [-0.3, -0.25) is 0 Å². The van der Waals surface area contributed by atoms with Crippen LogP contribution in [-0.2, 0) is 22.8 Å². The van der Waals surface area contributed by atoms with Crippen molar-refractivity contribution in [2.24, 2.45) is 0 Å². The van der Waals surface area contributed by atoms with E-state index in [0.29, 0.717) is 19.3 Å². The molecule has 0 bridgehead atoms. The molecule has 1 fully saturated rings. The molecule has 8 heteroatoms. The molecule has 0 aromatic carbocycles. The molecule has 0 atom stereocenters. The van der Waals surface area contributed by atoms with E-state index in [4.69, 9.17) is 22.8 Å². The highest BCUT2D eigenvalue weighted by atomic mass is 28.4. The molecular formula is C14H29NO6Si. The van der Waals surface area contributed by atoms with Crippen molar-refractivity contribution in [2.45, 2.75) is 45.3 Å². The summed E-state index contributed by atoms with van der Waals surface area (Å²) in [6.45, 7) is 6.85. The summed E-state index contributed by atoms with van der Waals surface area (Å²) in [6.07, 6.45) is 1.65. The predicted molar refractivity (Wildman–Crippen MR) is 83.6 cm³/mol. The minimum atomic E-state index is -2.70. The third-order valence-corrected chi connectivity index (χ3v) is 5.91. The first-order valence-corrected chi connectivity index (χ1v) is 9.43. The van der Waals surface area contributed by atoms with Gasteiger partial charge in [0, 0.05) is 34.4 Å². The van der Waals surface area contributed by atoms with Crippen LogP contribution in [0.25, 0.3) is 0 Å². The van der Waals surface area contributed by atoms with Crippen molar-refractivity contribution in [1.29, 1.82) is 0 Å². The van der Waals surface area contributed by atoms with Gasteiger partial charge in [0.25, 0.3) is 0 Å². The lowest BCUT2D eigenvalue weighted by Crippen LogP contribution is -2.50. The Bertz CT molecular complexity index is 339. The van der Waals surface area contributed by atoms with Gasteiger partial charge in [-0.05, 0) is 33.6 Å². The zero-order valence-corrected chi connectivity index (χ0v) is 15.5. The van der Waals surface area contributed by atoms with Crippen molar-refractivity contribution in [3.63, 3.8) is 0 Å². The third-order valence-electron chi connectivity index (χ3n) is 3.52. The van der Waals surface area contributed by atoms with Crippen LogP contribution in [0.1, 0.15) is 33.6 Å². The third kappa shape index (κ3) is 5.84. The average molecular weight is 335 g/mol. The molecule has 0 saturated carbocycles. The molecule has 1 amide bonds. The van der Waals surface area contributed by atoms with Crippen LogP contribution in [0.2, 0.25) is 0 Å². The summed E-state index contributed by atoms with van der Waals surface area (Å²) in [5, 5.41) is 0. The largest absolute Gasteiger partial charge is 0.527 e. The van der Waals surface area contributed by atoms with Crippen LogP contribution in [-0.4, -0.2) is 72.2 Å². The molecule has 1 rings (SSSR count). The number of carbonyl (C=O) groups is 1. The van der Waals surface area contributed by atoms with Crippen LogP contribution < -0.4 is 0 Å². The second-order valence-corrected chi connectivity index (χ2v) is 9.15. The van der Waals surface area contributed by atoms with Crippen molar-refractivity contribution in [3.8, 4) is 0 Å². The molecule has 0 aromatic rings. The summed E-state index contributed by atoms with van der Waals surface area (Å²) < 4.78 is 27.2. The molecule has 130 valence electrons. The van der Waals surface area contributed by atoms with Gasteiger partial charge in [-0.1, -0.05) is 0 Å². The van der Waals surface area contributed by atoms with E-state index in [1.165, 1.54) is 0 Å². The second kappa shape index (κ2) is 8.26. The van der Waals surface area contributed by atoms with E-state index >= 15 is 0 Å². The van der Waals surface area contributed by atoms with E-state index < -0.39 is 14.4 Å². The maximum absolute atomic E-state index is 12.0. The fourth-order valence-corrected chi connectivity index (χ4v) is 3.47. The molecule has 0 aromatic heterocycles. The summed E-state index contributed by atoms with van der Waals surface area (Å²) >= 11 is 0. The molecule has 7 nitrogen and oxygen atoms in total. The maximum Gasteiger partial charge on any atom is 0.527 e. The van der Waals surface area contributed by atoms with E-state index in [-0.39, 0.29) is 12.2 Å². The highest BCUT2D eigenvalue weighted by Gasteiger charge is 2.40. The molecule has 0 unspecified atom stereocenters. The summed E-state index contributed by atoms with van der Waals surface area (Å²) in [7, 11) is 1.99. The average Bonchev–Trinajstić information content (AvgIpc) is 2.48. The van der Waals surface area contributed by atoms with Gasteiger partial charge in [-0.15, -0.1) is 0 Å². The highest BCUT2D eigenvalue weighted by Crippen LogP contribution is 2.18. The standard InChI is InChI=1S/C14H29NO6Si/c1-14(2,3)21-13(16)15-9-7-12(8-10-15)20-11-22(17-4,18-5)19-6/h12H,7-11H2,1-6H3. The number of ether oxygens (including phenoxy) is 2. The summed E-state index contributed by atoms with van der Waals surface area (Å²) in [4.78, 5) is 13.7. The summed E-state index contributed by atoms with van der Waals surface area (Å²) in [5.74, 6) is 0. The van der Waals surface area contributed by atoms with Gasteiger partial charge in [-0.25, -0.2) is 4.79 Å². The quantitative estimate of drug-likeness (QED) is 0.690. The molecule has 0 aliphatic carbocycles. The Morgan fingerprint density at radius 3 is 2.00 bits per heavy atom. The zero-order valence-electron chi connectivity index (χ0n) is 14.5. The number of amides is 1. The Hall–Kier alpha value is -0.673. The minimum absolute atomic E-state index is 0.0750. The normalized spacial score (nSPS) is 17.6. The number of rotatable bonds is 6. The number of carbonyl (C=O) groups excluding carboxylic acids is 1. The van der Waals surface area contributed by atoms with E-state index in [1.807, 2.05) is 20.8 Å². The number of nitrogens with zero attached hydrogens (tertiary/aromatic N) is 1. The topological polar surface area (TPSA) is 66.5 Å². The highest BCUT2D eigenvalue weighted by molar-refractivity contribution is 6.60. The smallest absolute Gasteiger partial charge is 0.444 e. The van der Waals surface area contributed by atoms with E-state index in [9.17, 15) is 4.79 Å². The van der Waals surface area contributed by atoms with Gasteiger partial charge >= 0.3 is 14.9 Å². The molecule has 0 spiro atoms. The lowest BCUT2D eigenvalue weighted by atomic mass is 10.1. The minimum Gasteiger partial charge on any atom is -0.444 e. The number of piperidine rings is 1. The fourth-order valence-electron chi connectivity index (χ4n) is 2.18. The SMILES string of the molecule is CO[Si](COC1CCN(C(=O)OC(C)(C)C)CC1)(OC)OC. The zero-order chi connectivity index (χ0) is 16.8. The number of hydrogen-bond donors (Lipinski definition) is 0. The first-order valence-electron chi connectivity index (χ1n) is 7.50. The van der Waals surface area contributed by atoms with Gasteiger partial charge in [0.2, 0.25) is 0 Å². The van der Waals surface area contributed by atoms with Gasteiger partial charge in [0.1, 0.15) is 11.8 Å². The number of likely N-dealkylation sites (tertiary alicyclic amines) is 1. The second-order valence-electron chi connectivity index (χ2n) is 6.27. The molecule has 1 heterocycles. The lowest BCUT2D eigenvalue weighted by molar-refractivity contribution is -0.0169. The summed E-state index contributed by atoms with van der Waals surface area (Å²) in [5.41, 5.74) is -0.467. The Morgan fingerprint density at radius 1 is 1.09 bits per heavy atom. The molecule has 1 saturated heterocycles. The van der Waals surface area contributed by atoms with E-state index in [1.54, 1.807) is 26.2 Å². The van der Waals surface area contributed by atoms with Crippen molar-refractivity contribution >= 4 is 14.9 Å². The van der Waals surface area contributed by atoms with Crippen LogP contribution in [0.3, 0.4) is 0 Å². The molecule has 1 aliphatic rings. The van der Waals surface area contributed by atoms with Crippen molar-refractivity contribution < 1.29 is 27.5 Å². The van der Waals surface area contributed by atoms with Crippen molar-refractivity contribution in [3.05, 3.63) is 0 Å². The van der Waals surface area contributed by atoms with E-state index in [2.05, 4.69) is 0 Å². The van der Waals surface area contributed by atoms with Crippen LogP contribution in [0, 0.1) is 0 Å². The van der Waals surface area contributed by atoms with Gasteiger partial charge in [0.05, 0.1) is 6.10 Å². The molecule has 0 N–H and O–H groups in total. The first-order chi connectivity index (χ1) is 10.2. The van der Waals surface area contributed by atoms with Gasteiger partial charge in [0.15, 0.2) is 0 Å². The summed E-state index contributed by atoms with van der Waals surface area (Å²) in [6, 6.07) is 0. The number of hydrogen-bond acceptors (Lipinski definition) is 6. The van der Waals surface area contributed by atoms with Crippen LogP contribution >= 0.6 is 0 Å².